The van der Waals surface area contributed by atoms with Gasteiger partial charge in [-0.05, 0) is 169 Å². The summed E-state index contributed by atoms with van der Waals surface area (Å²) in [5.74, 6) is 3.76. The van der Waals surface area contributed by atoms with Crippen molar-refractivity contribution in [2.45, 2.75) is 81.1 Å². The lowest BCUT2D eigenvalue weighted by Gasteiger charge is -2.15. The van der Waals surface area contributed by atoms with Crippen molar-refractivity contribution in [3.63, 3.8) is 0 Å². The van der Waals surface area contributed by atoms with Crippen LogP contribution in [0.3, 0.4) is 0 Å². The van der Waals surface area contributed by atoms with E-state index in [1.165, 1.54) is 14.2 Å². The molecule has 0 spiro atoms. The highest BCUT2D eigenvalue weighted by molar-refractivity contribution is 6.01. The van der Waals surface area contributed by atoms with Gasteiger partial charge in [0.05, 0.1) is 74.5 Å². The Morgan fingerprint density at radius 3 is 0.887 bits per heavy atom. The van der Waals surface area contributed by atoms with E-state index in [2.05, 4.69) is 114 Å². The highest BCUT2D eigenvalue weighted by atomic mass is 16.5. The van der Waals surface area contributed by atoms with Gasteiger partial charge in [0.2, 0.25) is 0 Å². The van der Waals surface area contributed by atoms with E-state index in [9.17, 15) is 9.59 Å². The highest BCUT2D eigenvalue weighted by Gasteiger charge is 2.22. The van der Waals surface area contributed by atoms with Gasteiger partial charge in [0.15, 0.2) is 0 Å². The number of H-pyrrole nitrogens is 2. The fourth-order valence-corrected chi connectivity index (χ4v) is 9.62. The summed E-state index contributed by atoms with van der Waals surface area (Å²) in [4.78, 5) is 44.4. The topological polar surface area (TPSA) is 147 Å². The minimum absolute atomic E-state index is 0.426. The molecule has 0 aliphatic carbocycles. The average Bonchev–Trinajstić information content (AvgIpc) is 4.31. The van der Waals surface area contributed by atoms with Crippen LogP contribution in [-0.2, 0) is 9.47 Å². The third kappa shape index (κ3) is 13.5. The van der Waals surface area contributed by atoms with Gasteiger partial charge >= 0.3 is 11.9 Å². The number of fused-ring (bicyclic) bond motifs is 8. The molecule has 9 rings (SSSR count). The van der Waals surface area contributed by atoms with E-state index in [-0.39, 0.29) is 0 Å². The van der Waals surface area contributed by atoms with Gasteiger partial charge in [-0.3, -0.25) is 0 Å². The van der Waals surface area contributed by atoms with Crippen molar-refractivity contribution in [1.29, 1.82) is 0 Å². The molecule has 414 valence electrons. The van der Waals surface area contributed by atoms with Gasteiger partial charge in [0.25, 0.3) is 0 Å². The molecule has 0 amide bonds. The lowest BCUT2D eigenvalue weighted by molar-refractivity contribution is 0.0592. The second kappa shape index (κ2) is 25.6. The Hall–Kier alpha value is -8.38. The van der Waals surface area contributed by atoms with Gasteiger partial charge in [-0.2, -0.15) is 0 Å². The molecule has 4 aromatic carbocycles. The van der Waals surface area contributed by atoms with Gasteiger partial charge in [-0.15, -0.1) is 0 Å². The van der Waals surface area contributed by atoms with Crippen LogP contribution in [0.15, 0.2) is 109 Å². The van der Waals surface area contributed by atoms with Gasteiger partial charge in [0, 0.05) is 56.5 Å². The first-order valence-electron chi connectivity index (χ1n) is 28.0. The molecule has 80 heavy (non-hydrogen) atoms. The fourth-order valence-electron chi connectivity index (χ4n) is 9.62. The quantitative estimate of drug-likeness (QED) is 0.0629. The van der Waals surface area contributed by atoms with Gasteiger partial charge in [-0.1, -0.05) is 79.7 Å². The molecule has 2 aliphatic rings. The minimum Gasteiger partial charge on any atom is -0.493 e. The summed E-state index contributed by atoms with van der Waals surface area (Å²) >= 11 is 0. The number of nitrogens with one attached hydrogen (secondary N) is 2. The first kappa shape index (κ1) is 56.3. The molecule has 12 heteroatoms. The maximum atomic E-state index is 12.8. The van der Waals surface area contributed by atoms with E-state index < -0.39 is 11.9 Å². The monoisotopic (exact) mass is 1070 g/mol. The number of benzene rings is 4. The number of aromatic amines is 2. The molecular weight excluding hydrogens is 1000 g/mol. The standard InChI is InChI=1S/C68H74N4O8/c1-41(2)27-31-77-51-35-49(36-52(39-51)78-32-28-42(3)4)65-59-23-19-55(69-59)63(45-11-15-47(16-12-45)67(73)75-9)57-21-25-61(71-57)66(50-37-53(79-33-29-43(5)6)40-54(38-50)80-34-30-44(7)8)62-26-22-58(72-62)64(56-20-24-60(65)70-56)46-13-17-48(18-14-46)68(74)76-10/h11-26,35-44,69,72H,27-34H2,1-10H3. The fraction of sp³-hybridized carbons (Fsp3) is 0.324. The second-order valence-corrected chi connectivity index (χ2v) is 22.2. The van der Waals surface area contributed by atoms with Gasteiger partial charge in [-0.25, -0.2) is 19.6 Å². The van der Waals surface area contributed by atoms with Crippen LogP contribution in [0, 0.1) is 23.7 Å². The van der Waals surface area contributed by atoms with Gasteiger partial charge in [0.1, 0.15) is 23.0 Å². The third-order valence-corrected chi connectivity index (χ3v) is 14.1. The molecule has 7 aromatic rings. The molecule has 0 radical (unpaired) electrons. The van der Waals surface area contributed by atoms with Crippen LogP contribution in [0.1, 0.15) is 125 Å². The first-order valence-corrected chi connectivity index (χ1v) is 28.0. The molecule has 2 N–H and O–H groups in total. The van der Waals surface area contributed by atoms with Crippen molar-refractivity contribution < 1.29 is 38.0 Å². The van der Waals surface area contributed by atoms with E-state index in [1.807, 2.05) is 60.7 Å². The molecule has 0 atom stereocenters. The zero-order valence-corrected chi connectivity index (χ0v) is 47.8. The highest BCUT2D eigenvalue weighted by Crippen LogP contribution is 2.42. The Labute approximate surface area is 470 Å². The Bertz CT molecular complexity index is 3280. The van der Waals surface area contributed by atoms with Crippen molar-refractivity contribution in [3.8, 4) is 67.5 Å². The zero-order valence-electron chi connectivity index (χ0n) is 47.8. The molecule has 2 aliphatic heterocycles. The number of esters is 2. The molecule has 0 fully saturated rings. The molecule has 0 unspecified atom stereocenters. The first-order chi connectivity index (χ1) is 38.6. The summed E-state index contributed by atoms with van der Waals surface area (Å²) in [7, 11) is 2.77. The zero-order chi connectivity index (χ0) is 56.5. The SMILES string of the molecule is COC(=O)c1ccc(-c2c3nc(c(-c4cc(OCCC(C)C)cc(OCCC(C)C)c4)c4ccc([nH]4)c(-c4ccc(C(=O)OC)cc4)c4nc(c(-c5cc(OCCC(C)C)cc(OCCC(C)C)c5)c5ccc2[nH]5)C=C4)C=C3)cc1. The lowest BCUT2D eigenvalue weighted by atomic mass is 10.0. The molecule has 3 aromatic heterocycles. The maximum absolute atomic E-state index is 12.8. The van der Waals surface area contributed by atoms with Crippen LogP contribution in [-0.4, -0.2) is 72.5 Å². The van der Waals surface area contributed by atoms with Crippen LogP contribution >= 0.6 is 0 Å². The summed E-state index contributed by atoms with van der Waals surface area (Å²) in [6.07, 6.45) is 11.7. The second-order valence-electron chi connectivity index (χ2n) is 22.2. The van der Waals surface area contributed by atoms with Crippen LogP contribution in [0.2, 0.25) is 0 Å². The third-order valence-electron chi connectivity index (χ3n) is 14.1. The smallest absolute Gasteiger partial charge is 0.337 e. The van der Waals surface area contributed by atoms with Crippen LogP contribution in [0.25, 0.3) is 90.9 Å². The van der Waals surface area contributed by atoms with Crippen molar-refractivity contribution in [3.05, 3.63) is 143 Å². The Balaban J connectivity index is 1.39. The molecular formula is C68H74N4O8. The molecule has 12 nitrogen and oxygen atoms in total. The predicted octanol–water partition coefficient (Wildman–Crippen LogP) is 16.6. The maximum Gasteiger partial charge on any atom is 0.337 e. The van der Waals surface area contributed by atoms with E-state index in [0.29, 0.717) is 107 Å². The number of nitrogens with zero attached hydrogens (tertiary/aromatic N) is 2. The summed E-state index contributed by atoms with van der Waals surface area (Å²) in [5.41, 5.74) is 13.4. The summed E-state index contributed by atoms with van der Waals surface area (Å²) in [5, 5.41) is 0. The molecule has 0 saturated carbocycles. The summed E-state index contributed by atoms with van der Waals surface area (Å²) in [6, 6.07) is 35.3. The predicted molar refractivity (Wildman–Crippen MR) is 323 cm³/mol. The van der Waals surface area contributed by atoms with E-state index in [1.54, 1.807) is 24.3 Å². The number of hydrogen-bond donors (Lipinski definition) is 2. The number of carbonyl (C=O) groups is 2. The van der Waals surface area contributed by atoms with E-state index in [0.717, 1.165) is 92.3 Å². The molecule has 0 saturated heterocycles. The number of methoxy groups -OCH3 is 2. The van der Waals surface area contributed by atoms with Gasteiger partial charge < -0.3 is 38.4 Å². The summed E-state index contributed by atoms with van der Waals surface area (Å²) < 4.78 is 36.3. The normalized spacial score (nSPS) is 12.0. The number of ether oxygens (including phenoxy) is 6. The van der Waals surface area contributed by atoms with Crippen LogP contribution < -0.4 is 18.9 Å². The molecule has 5 heterocycles. The number of rotatable bonds is 22. The van der Waals surface area contributed by atoms with Crippen molar-refractivity contribution in [1.82, 2.24) is 19.9 Å². The van der Waals surface area contributed by atoms with Crippen LogP contribution in [0.4, 0.5) is 0 Å². The number of carbonyl (C=O) groups excluding carboxylic acids is 2. The van der Waals surface area contributed by atoms with Crippen molar-refractivity contribution in [2.75, 3.05) is 40.6 Å². The molecule has 8 bridgehead atoms. The Morgan fingerprint density at radius 1 is 0.375 bits per heavy atom. The van der Waals surface area contributed by atoms with E-state index >= 15 is 0 Å². The van der Waals surface area contributed by atoms with E-state index in [4.69, 9.17) is 38.4 Å². The Kier molecular flexibility index (Phi) is 18.0. The van der Waals surface area contributed by atoms with Crippen molar-refractivity contribution >= 4 is 58.3 Å². The average molecular weight is 1080 g/mol. The lowest BCUT2D eigenvalue weighted by Crippen LogP contribution is -2.04. The van der Waals surface area contributed by atoms with Crippen molar-refractivity contribution in [2.24, 2.45) is 23.7 Å². The Morgan fingerprint density at radius 2 is 0.637 bits per heavy atom. The van der Waals surface area contributed by atoms with Crippen LogP contribution in [0.5, 0.6) is 23.0 Å². The summed E-state index contributed by atoms with van der Waals surface area (Å²) in [6.45, 7) is 19.7. The number of hydrogen-bond acceptors (Lipinski definition) is 10. The minimum atomic E-state index is -0.426. The largest absolute Gasteiger partial charge is 0.493 e. The number of aromatic nitrogens is 4.